The minimum Gasteiger partial charge on any atom is -0.491 e. The Kier molecular flexibility index (Phi) is 6.91. The molecular weight excluding hydrogens is 364 g/mol. The first-order chi connectivity index (χ1) is 13.1. The molecule has 2 aromatic carbocycles. The summed E-state index contributed by atoms with van der Waals surface area (Å²) in [6.45, 7) is 4.39. The molecule has 1 aliphatic rings. The zero-order chi connectivity index (χ0) is 19.1. The Hall–Kier alpha value is -2.30. The monoisotopic (exact) mass is 386 g/mol. The molecule has 0 saturated carbocycles. The minimum atomic E-state index is -0.572. The zero-order valence-electron chi connectivity index (χ0n) is 15.1. The number of aliphatic hydroxyl groups excluding tert-OH is 1. The van der Waals surface area contributed by atoms with Crippen molar-refractivity contribution in [2.75, 3.05) is 44.2 Å². The molecule has 0 amide bonds. The van der Waals surface area contributed by atoms with Crippen LogP contribution in [0.1, 0.15) is 5.56 Å². The normalized spacial score (nSPS) is 15.9. The van der Waals surface area contributed by atoms with Crippen LogP contribution < -0.4 is 9.64 Å². The lowest BCUT2D eigenvalue weighted by molar-refractivity contribution is 0.0663. The van der Waals surface area contributed by atoms with Crippen LogP contribution in [0.15, 0.2) is 48.5 Å². The van der Waals surface area contributed by atoms with E-state index in [1.165, 1.54) is 11.8 Å². The quantitative estimate of drug-likeness (QED) is 0.741. The fourth-order valence-electron chi connectivity index (χ4n) is 3.15. The Morgan fingerprint density at radius 1 is 1.15 bits per heavy atom. The van der Waals surface area contributed by atoms with E-state index in [1.807, 2.05) is 24.3 Å². The van der Waals surface area contributed by atoms with Crippen molar-refractivity contribution in [1.82, 2.24) is 4.90 Å². The molecule has 1 heterocycles. The topological polar surface area (TPSA) is 53.0 Å². The first-order valence-corrected chi connectivity index (χ1v) is 9.36. The van der Waals surface area contributed by atoms with E-state index in [1.54, 1.807) is 30.2 Å². The van der Waals surface area contributed by atoms with Crippen LogP contribution in [0.25, 0.3) is 6.08 Å². The van der Waals surface area contributed by atoms with Crippen molar-refractivity contribution in [3.8, 4) is 5.75 Å². The number of β-amino-alcohol motifs (C(OH)–C–C–N with tert-alkyl or cyclic N) is 1. The Balaban J connectivity index is 1.42. The molecule has 0 spiro atoms. The van der Waals surface area contributed by atoms with E-state index in [-0.39, 0.29) is 6.61 Å². The molecule has 6 heteroatoms. The van der Waals surface area contributed by atoms with Crippen molar-refractivity contribution in [1.29, 1.82) is 0 Å². The number of anilines is 1. The highest BCUT2D eigenvalue weighted by atomic mass is 35.5. The summed E-state index contributed by atoms with van der Waals surface area (Å²) in [5.41, 5.74) is 1.91. The van der Waals surface area contributed by atoms with Crippen molar-refractivity contribution in [2.24, 2.45) is 0 Å². The van der Waals surface area contributed by atoms with Gasteiger partial charge in [-0.05, 0) is 42.0 Å². The SMILES string of the molecule is O=C=Cc1cccc(OCC(O)CN2CCN(c3ccc(Cl)cc3)CC2)c1. The van der Waals surface area contributed by atoms with Gasteiger partial charge in [0.25, 0.3) is 0 Å². The van der Waals surface area contributed by atoms with Gasteiger partial charge >= 0.3 is 0 Å². The first kappa shape index (κ1) is 19.5. The molecule has 27 heavy (non-hydrogen) atoms. The molecule has 1 saturated heterocycles. The number of piperazine rings is 1. The maximum Gasteiger partial charge on any atom is 0.125 e. The average Bonchev–Trinajstić information content (AvgIpc) is 2.68. The van der Waals surface area contributed by atoms with Crippen LogP contribution in [-0.4, -0.2) is 61.4 Å². The summed E-state index contributed by atoms with van der Waals surface area (Å²) in [5.74, 6) is 2.38. The lowest BCUT2D eigenvalue weighted by atomic mass is 10.2. The number of aliphatic hydroxyl groups is 1. The molecule has 3 rings (SSSR count). The van der Waals surface area contributed by atoms with Gasteiger partial charge in [0.2, 0.25) is 0 Å². The van der Waals surface area contributed by atoms with Crippen LogP contribution in [0.2, 0.25) is 5.02 Å². The number of nitrogens with zero attached hydrogens (tertiary/aromatic N) is 2. The summed E-state index contributed by atoms with van der Waals surface area (Å²) in [4.78, 5) is 15.0. The number of rotatable bonds is 7. The van der Waals surface area contributed by atoms with E-state index in [2.05, 4.69) is 9.80 Å². The predicted molar refractivity (Wildman–Crippen MR) is 108 cm³/mol. The van der Waals surface area contributed by atoms with Gasteiger partial charge in [0.15, 0.2) is 0 Å². The third-order valence-electron chi connectivity index (χ3n) is 4.56. The third-order valence-corrected chi connectivity index (χ3v) is 4.81. The molecule has 2 aromatic rings. The number of ether oxygens (including phenoxy) is 1. The minimum absolute atomic E-state index is 0.214. The van der Waals surface area contributed by atoms with Gasteiger partial charge in [0.1, 0.15) is 24.4 Å². The van der Waals surface area contributed by atoms with Gasteiger partial charge in [0, 0.05) is 49.5 Å². The predicted octanol–water partition coefficient (Wildman–Crippen LogP) is 2.75. The van der Waals surface area contributed by atoms with Crippen molar-refractivity contribution >= 4 is 29.3 Å². The van der Waals surface area contributed by atoms with Gasteiger partial charge in [-0.25, -0.2) is 4.79 Å². The smallest absolute Gasteiger partial charge is 0.125 e. The molecule has 1 N–H and O–H groups in total. The van der Waals surface area contributed by atoms with Gasteiger partial charge in [-0.15, -0.1) is 0 Å². The van der Waals surface area contributed by atoms with E-state index in [4.69, 9.17) is 16.3 Å². The summed E-state index contributed by atoms with van der Waals surface area (Å²) in [5, 5.41) is 11.0. The van der Waals surface area contributed by atoms with Gasteiger partial charge in [-0.2, -0.15) is 0 Å². The molecule has 0 aliphatic carbocycles. The number of hydrogen-bond donors (Lipinski definition) is 1. The summed E-state index contributed by atoms with van der Waals surface area (Å²) in [6, 6.07) is 15.1. The average molecular weight is 387 g/mol. The van der Waals surface area contributed by atoms with E-state index in [0.717, 1.165) is 36.8 Å². The number of halogens is 1. The van der Waals surface area contributed by atoms with Crippen LogP contribution in [0.3, 0.4) is 0 Å². The standard InChI is InChI=1S/C21H23ClN2O3/c22-18-4-6-19(7-5-18)24-11-9-23(10-12-24)15-20(26)16-27-21-3-1-2-17(14-21)8-13-25/h1-8,14,20,26H,9-12,15-16H2. The van der Waals surface area contributed by atoms with E-state index < -0.39 is 6.10 Å². The molecule has 0 aromatic heterocycles. The lowest BCUT2D eigenvalue weighted by Gasteiger charge is -2.36. The molecule has 5 nitrogen and oxygen atoms in total. The molecule has 0 bridgehead atoms. The maximum absolute atomic E-state index is 10.4. The highest BCUT2D eigenvalue weighted by Gasteiger charge is 2.19. The highest BCUT2D eigenvalue weighted by Crippen LogP contribution is 2.19. The maximum atomic E-state index is 10.4. The largest absolute Gasteiger partial charge is 0.491 e. The van der Waals surface area contributed by atoms with Gasteiger partial charge in [-0.1, -0.05) is 23.7 Å². The van der Waals surface area contributed by atoms with Gasteiger partial charge in [0.05, 0.1) is 0 Å². The van der Waals surface area contributed by atoms with Crippen molar-refractivity contribution in [3.05, 3.63) is 59.1 Å². The molecule has 0 radical (unpaired) electrons. The second-order valence-corrected chi connectivity index (χ2v) is 7.00. The van der Waals surface area contributed by atoms with Crippen molar-refractivity contribution in [3.63, 3.8) is 0 Å². The van der Waals surface area contributed by atoms with Crippen molar-refractivity contribution in [2.45, 2.75) is 6.10 Å². The van der Waals surface area contributed by atoms with Crippen LogP contribution >= 0.6 is 11.6 Å². The van der Waals surface area contributed by atoms with Crippen LogP contribution in [0, 0.1) is 0 Å². The van der Waals surface area contributed by atoms with Crippen LogP contribution in [0.4, 0.5) is 5.69 Å². The van der Waals surface area contributed by atoms with E-state index >= 15 is 0 Å². The molecule has 1 aliphatic heterocycles. The molecule has 142 valence electrons. The lowest BCUT2D eigenvalue weighted by Crippen LogP contribution is -2.49. The molecule has 1 fully saturated rings. The Bertz CT molecular complexity index is 782. The Morgan fingerprint density at radius 2 is 1.89 bits per heavy atom. The second kappa shape index (κ2) is 9.58. The Morgan fingerprint density at radius 3 is 2.59 bits per heavy atom. The fraction of sp³-hybridized carbons (Fsp3) is 0.333. The molecular formula is C21H23ClN2O3. The van der Waals surface area contributed by atoms with Crippen molar-refractivity contribution < 1.29 is 14.6 Å². The molecule has 1 atom stereocenters. The van der Waals surface area contributed by atoms with E-state index in [9.17, 15) is 9.90 Å². The van der Waals surface area contributed by atoms with Crippen LogP contribution in [-0.2, 0) is 4.79 Å². The fourth-order valence-corrected chi connectivity index (χ4v) is 3.27. The summed E-state index contributed by atoms with van der Waals surface area (Å²) in [6.07, 6.45) is 0.779. The number of benzene rings is 2. The highest BCUT2D eigenvalue weighted by molar-refractivity contribution is 6.30. The summed E-state index contributed by atoms with van der Waals surface area (Å²) in [7, 11) is 0. The summed E-state index contributed by atoms with van der Waals surface area (Å²) >= 11 is 5.94. The van der Waals surface area contributed by atoms with Gasteiger partial charge < -0.3 is 14.7 Å². The Labute approximate surface area is 164 Å². The van der Waals surface area contributed by atoms with Crippen LogP contribution in [0.5, 0.6) is 5.75 Å². The second-order valence-electron chi connectivity index (χ2n) is 6.56. The molecule has 1 unspecified atom stereocenters. The third kappa shape index (κ3) is 5.84. The zero-order valence-corrected chi connectivity index (χ0v) is 15.8. The van der Waals surface area contributed by atoms with Gasteiger partial charge in [-0.3, -0.25) is 4.90 Å². The van der Waals surface area contributed by atoms with E-state index in [0.29, 0.717) is 12.3 Å². The first-order valence-electron chi connectivity index (χ1n) is 8.99. The number of carbonyl (C=O) groups excluding carboxylic acids is 1. The number of hydrogen-bond acceptors (Lipinski definition) is 5. The summed E-state index contributed by atoms with van der Waals surface area (Å²) < 4.78 is 5.65.